The van der Waals surface area contributed by atoms with E-state index < -0.39 is 0 Å². The molecule has 2 nitrogen and oxygen atoms in total. The third-order valence-corrected chi connectivity index (χ3v) is 5.02. The van der Waals surface area contributed by atoms with Crippen LogP contribution in [-0.2, 0) is 0 Å². The van der Waals surface area contributed by atoms with E-state index in [-0.39, 0.29) is 11.7 Å². The van der Waals surface area contributed by atoms with Crippen LogP contribution in [0.4, 0.5) is 0 Å². The molecule has 0 amide bonds. The first kappa shape index (κ1) is 13.4. The summed E-state index contributed by atoms with van der Waals surface area (Å²) in [7, 11) is 2.22. The molecule has 1 aromatic carbocycles. The van der Waals surface area contributed by atoms with Gasteiger partial charge in [0.2, 0.25) is 0 Å². The zero-order valence-corrected chi connectivity index (χ0v) is 12.0. The lowest BCUT2D eigenvalue weighted by Crippen LogP contribution is -2.51. The highest BCUT2D eigenvalue weighted by Gasteiger charge is 2.38. The molecular weight excluding hydrogens is 246 g/mol. The second-order valence-corrected chi connectivity index (χ2v) is 6.16. The number of Topliss-reactive ketones (excluding diaryl/α,β-unsaturated/α-hetero) is 1. The normalized spacial score (nSPS) is 29.7. The molecule has 20 heavy (non-hydrogen) atoms. The molecule has 0 radical (unpaired) electrons. The number of ketones is 1. The van der Waals surface area contributed by atoms with Gasteiger partial charge in [0, 0.05) is 29.1 Å². The lowest BCUT2D eigenvalue weighted by Gasteiger charge is -2.46. The van der Waals surface area contributed by atoms with Crippen molar-refractivity contribution in [2.75, 3.05) is 7.05 Å². The van der Waals surface area contributed by atoms with Crippen LogP contribution in [0.2, 0.25) is 0 Å². The lowest BCUT2D eigenvalue weighted by molar-refractivity contribution is 0.0338. The number of carbonyl (C=O) groups is 1. The standard InChI is InChI=1S/C18H21NO/c1-3-13-6-4-7-14(10-13)18(20)15-11-16-8-5-9-17(12-15)19(16)2/h1,4,6-7,10,15-17H,5,8-9,11-12H2,2H3. The van der Waals surface area contributed by atoms with Gasteiger partial charge in [-0.25, -0.2) is 0 Å². The van der Waals surface area contributed by atoms with Crippen molar-refractivity contribution in [3.05, 3.63) is 35.4 Å². The van der Waals surface area contributed by atoms with E-state index in [4.69, 9.17) is 6.42 Å². The summed E-state index contributed by atoms with van der Waals surface area (Å²) in [6, 6.07) is 8.70. The molecule has 0 aromatic heterocycles. The van der Waals surface area contributed by atoms with Gasteiger partial charge in [0.25, 0.3) is 0 Å². The maximum Gasteiger partial charge on any atom is 0.166 e. The number of nitrogens with zero attached hydrogens (tertiary/aromatic N) is 1. The van der Waals surface area contributed by atoms with Crippen molar-refractivity contribution >= 4 is 5.78 Å². The van der Waals surface area contributed by atoms with Crippen molar-refractivity contribution < 1.29 is 4.79 Å². The van der Waals surface area contributed by atoms with E-state index in [0.29, 0.717) is 12.1 Å². The van der Waals surface area contributed by atoms with E-state index in [1.807, 2.05) is 24.3 Å². The fourth-order valence-corrected chi connectivity index (χ4v) is 3.83. The van der Waals surface area contributed by atoms with Crippen LogP contribution in [0.5, 0.6) is 0 Å². The Morgan fingerprint density at radius 2 is 2.00 bits per heavy atom. The van der Waals surface area contributed by atoms with Crippen LogP contribution in [0.3, 0.4) is 0 Å². The summed E-state index contributed by atoms with van der Waals surface area (Å²) in [6.07, 6.45) is 11.2. The summed E-state index contributed by atoms with van der Waals surface area (Å²) in [6.45, 7) is 0. The fraction of sp³-hybridized carbons (Fsp3) is 0.500. The highest BCUT2D eigenvalue weighted by Crippen LogP contribution is 2.37. The topological polar surface area (TPSA) is 20.3 Å². The van der Waals surface area contributed by atoms with Crippen LogP contribution in [0.1, 0.15) is 48.0 Å². The Hall–Kier alpha value is -1.59. The number of hydrogen-bond donors (Lipinski definition) is 0. The number of fused-ring (bicyclic) bond motifs is 2. The van der Waals surface area contributed by atoms with Crippen LogP contribution in [0.15, 0.2) is 24.3 Å². The van der Waals surface area contributed by atoms with E-state index >= 15 is 0 Å². The van der Waals surface area contributed by atoms with Crippen molar-refractivity contribution in [3.63, 3.8) is 0 Å². The zero-order valence-electron chi connectivity index (χ0n) is 12.0. The Kier molecular flexibility index (Phi) is 3.63. The molecule has 0 spiro atoms. The first-order chi connectivity index (χ1) is 9.69. The molecular formula is C18H21NO. The molecule has 0 aliphatic carbocycles. The smallest absolute Gasteiger partial charge is 0.166 e. The van der Waals surface area contributed by atoms with Crippen LogP contribution >= 0.6 is 0 Å². The van der Waals surface area contributed by atoms with Gasteiger partial charge in [-0.05, 0) is 44.9 Å². The van der Waals surface area contributed by atoms with Gasteiger partial charge in [0.15, 0.2) is 5.78 Å². The Morgan fingerprint density at radius 1 is 1.30 bits per heavy atom. The van der Waals surface area contributed by atoms with Crippen molar-refractivity contribution in [2.24, 2.45) is 5.92 Å². The van der Waals surface area contributed by atoms with Gasteiger partial charge in [-0.3, -0.25) is 4.79 Å². The molecule has 2 heteroatoms. The minimum atomic E-state index is 0.175. The van der Waals surface area contributed by atoms with E-state index in [2.05, 4.69) is 17.9 Å². The van der Waals surface area contributed by atoms with Gasteiger partial charge in [0.1, 0.15) is 0 Å². The molecule has 2 bridgehead atoms. The maximum atomic E-state index is 12.7. The molecule has 2 atom stereocenters. The predicted octanol–water partition coefficient (Wildman–Crippen LogP) is 3.11. The fourth-order valence-electron chi connectivity index (χ4n) is 3.83. The molecule has 3 rings (SSSR count). The van der Waals surface area contributed by atoms with E-state index in [9.17, 15) is 4.79 Å². The molecule has 2 unspecified atom stereocenters. The summed E-state index contributed by atoms with van der Waals surface area (Å²) in [5.74, 6) is 3.07. The van der Waals surface area contributed by atoms with Gasteiger partial charge >= 0.3 is 0 Å². The third kappa shape index (κ3) is 2.39. The maximum absolute atomic E-state index is 12.7. The highest BCUT2D eigenvalue weighted by molar-refractivity contribution is 5.98. The Balaban J connectivity index is 1.79. The van der Waals surface area contributed by atoms with Crippen LogP contribution in [0.25, 0.3) is 0 Å². The van der Waals surface area contributed by atoms with E-state index in [1.165, 1.54) is 19.3 Å². The Morgan fingerprint density at radius 3 is 2.65 bits per heavy atom. The molecule has 2 saturated heterocycles. The lowest BCUT2D eigenvalue weighted by atomic mass is 9.76. The van der Waals surface area contributed by atoms with E-state index in [1.54, 1.807) is 0 Å². The zero-order chi connectivity index (χ0) is 14.1. The summed E-state index contributed by atoms with van der Waals surface area (Å²) in [5, 5.41) is 0. The first-order valence-corrected chi connectivity index (χ1v) is 7.52. The monoisotopic (exact) mass is 267 g/mol. The van der Waals surface area contributed by atoms with Gasteiger partial charge < -0.3 is 4.90 Å². The molecule has 2 heterocycles. The number of piperidine rings is 2. The van der Waals surface area contributed by atoms with Crippen molar-refractivity contribution in [1.82, 2.24) is 4.90 Å². The molecule has 2 aliphatic heterocycles. The minimum Gasteiger partial charge on any atom is -0.300 e. The average Bonchev–Trinajstić information content (AvgIpc) is 2.46. The van der Waals surface area contributed by atoms with E-state index in [0.717, 1.165) is 24.0 Å². The predicted molar refractivity (Wildman–Crippen MR) is 80.6 cm³/mol. The number of benzene rings is 1. The molecule has 2 fully saturated rings. The van der Waals surface area contributed by atoms with Crippen LogP contribution in [0, 0.1) is 18.3 Å². The summed E-state index contributed by atoms with van der Waals surface area (Å²) < 4.78 is 0. The second-order valence-electron chi connectivity index (χ2n) is 6.16. The Bertz CT molecular complexity index is 543. The number of carbonyl (C=O) groups excluding carboxylic acids is 1. The number of rotatable bonds is 2. The molecule has 1 aromatic rings. The number of terminal acetylenes is 1. The summed E-state index contributed by atoms with van der Waals surface area (Å²) in [4.78, 5) is 15.2. The van der Waals surface area contributed by atoms with Crippen molar-refractivity contribution in [3.8, 4) is 12.3 Å². The largest absolute Gasteiger partial charge is 0.300 e. The summed E-state index contributed by atoms with van der Waals surface area (Å²) >= 11 is 0. The van der Waals surface area contributed by atoms with Crippen molar-refractivity contribution in [2.45, 2.75) is 44.2 Å². The van der Waals surface area contributed by atoms with Crippen LogP contribution in [-0.4, -0.2) is 29.8 Å². The SMILES string of the molecule is C#Cc1cccc(C(=O)C2CC3CCCC(C2)N3C)c1. The van der Waals surface area contributed by atoms with Crippen molar-refractivity contribution in [1.29, 1.82) is 0 Å². The number of hydrogen-bond acceptors (Lipinski definition) is 2. The highest BCUT2D eigenvalue weighted by atomic mass is 16.1. The van der Waals surface area contributed by atoms with Gasteiger partial charge in [0.05, 0.1) is 0 Å². The Labute approximate surface area is 121 Å². The van der Waals surface area contributed by atoms with Gasteiger partial charge in [-0.15, -0.1) is 6.42 Å². The first-order valence-electron chi connectivity index (χ1n) is 7.52. The van der Waals surface area contributed by atoms with Crippen LogP contribution < -0.4 is 0 Å². The van der Waals surface area contributed by atoms with Gasteiger partial charge in [-0.2, -0.15) is 0 Å². The molecule has 0 N–H and O–H groups in total. The molecule has 0 saturated carbocycles. The van der Waals surface area contributed by atoms with Gasteiger partial charge in [-0.1, -0.05) is 24.5 Å². The second kappa shape index (κ2) is 5.42. The molecule has 2 aliphatic rings. The summed E-state index contributed by atoms with van der Waals surface area (Å²) in [5.41, 5.74) is 1.58. The molecule has 104 valence electrons. The quantitative estimate of drug-likeness (QED) is 0.606. The minimum absolute atomic E-state index is 0.175. The third-order valence-electron chi connectivity index (χ3n) is 5.02. The average molecular weight is 267 g/mol.